The molecule has 2 aromatic rings. The van der Waals surface area contributed by atoms with Gasteiger partial charge in [0, 0.05) is 24.1 Å². The first-order valence-corrected chi connectivity index (χ1v) is 7.38. The molecule has 2 rings (SSSR count). The molecule has 0 aliphatic heterocycles. The zero-order valence-electron chi connectivity index (χ0n) is 10.2. The molecule has 7 heteroatoms. The van der Waals surface area contributed by atoms with Crippen LogP contribution in [-0.2, 0) is 9.84 Å². The molecule has 0 unspecified atom stereocenters. The molecule has 0 spiro atoms. The Morgan fingerprint density at radius 2 is 1.84 bits per heavy atom. The molecule has 0 radical (unpaired) electrons. The number of pyridine rings is 1. The van der Waals surface area contributed by atoms with Gasteiger partial charge >= 0.3 is 7.12 Å². The van der Waals surface area contributed by atoms with Gasteiger partial charge in [-0.1, -0.05) is 18.2 Å². The van der Waals surface area contributed by atoms with E-state index in [0.717, 1.165) is 6.26 Å². The lowest BCUT2D eigenvalue weighted by molar-refractivity contribution is 0.425. The first kappa shape index (κ1) is 13.7. The number of rotatable bonds is 3. The molecule has 0 atom stereocenters. The van der Waals surface area contributed by atoms with E-state index in [2.05, 4.69) is 4.98 Å². The van der Waals surface area contributed by atoms with E-state index in [-0.39, 0.29) is 10.4 Å². The number of benzene rings is 1. The summed E-state index contributed by atoms with van der Waals surface area (Å²) in [6.07, 6.45) is 4.01. The second-order valence-electron chi connectivity index (χ2n) is 4.18. The zero-order valence-corrected chi connectivity index (χ0v) is 11.0. The molecule has 0 saturated carbocycles. The molecule has 0 amide bonds. The summed E-state index contributed by atoms with van der Waals surface area (Å²) < 4.78 is 23.0. The van der Waals surface area contributed by atoms with Gasteiger partial charge in [-0.15, -0.1) is 0 Å². The minimum atomic E-state index is -3.28. The number of aromatic nitrogens is 1. The van der Waals surface area contributed by atoms with Crippen molar-refractivity contribution in [3.05, 3.63) is 42.7 Å². The summed E-state index contributed by atoms with van der Waals surface area (Å²) in [6, 6.07) is 7.96. The maximum absolute atomic E-state index is 11.5. The zero-order chi connectivity index (χ0) is 14.0. The van der Waals surface area contributed by atoms with Gasteiger partial charge < -0.3 is 10.0 Å². The van der Waals surface area contributed by atoms with Gasteiger partial charge in [-0.25, -0.2) is 8.42 Å². The van der Waals surface area contributed by atoms with Crippen LogP contribution in [0.5, 0.6) is 0 Å². The van der Waals surface area contributed by atoms with Gasteiger partial charge in [0.25, 0.3) is 0 Å². The molecule has 0 aliphatic rings. The predicted octanol–water partition coefficient (Wildman–Crippen LogP) is -0.168. The molecule has 19 heavy (non-hydrogen) atoms. The van der Waals surface area contributed by atoms with Crippen LogP contribution in [0.15, 0.2) is 47.6 Å². The quantitative estimate of drug-likeness (QED) is 0.761. The largest absolute Gasteiger partial charge is 0.490 e. The van der Waals surface area contributed by atoms with Crippen molar-refractivity contribution in [3.63, 3.8) is 0 Å². The first-order chi connectivity index (χ1) is 8.88. The smallest absolute Gasteiger partial charge is 0.423 e. The lowest BCUT2D eigenvalue weighted by atomic mass is 9.80. The maximum Gasteiger partial charge on any atom is 0.490 e. The monoisotopic (exact) mass is 277 g/mol. The molecule has 5 nitrogen and oxygen atoms in total. The van der Waals surface area contributed by atoms with E-state index in [1.165, 1.54) is 24.5 Å². The van der Waals surface area contributed by atoms with Crippen LogP contribution in [0.3, 0.4) is 0 Å². The number of nitrogens with zero attached hydrogens (tertiary/aromatic N) is 1. The van der Waals surface area contributed by atoms with Crippen molar-refractivity contribution in [1.29, 1.82) is 0 Å². The fourth-order valence-electron chi connectivity index (χ4n) is 1.66. The number of hydrogen-bond donors (Lipinski definition) is 2. The van der Waals surface area contributed by atoms with E-state index in [1.54, 1.807) is 18.2 Å². The van der Waals surface area contributed by atoms with Gasteiger partial charge in [0.15, 0.2) is 9.84 Å². The van der Waals surface area contributed by atoms with Crippen LogP contribution in [0.4, 0.5) is 0 Å². The Labute approximate surface area is 111 Å². The highest BCUT2D eigenvalue weighted by Gasteiger charge is 2.13. The van der Waals surface area contributed by atoms with E-state index in [9.17, 15) is 8.42 Å². The van der Waals surface area contributed by atoms with E-state index in [0.29, 0.717) is 11.1 Å². The Morgan fingerprint density at radius 3 is 2.47 bits per heavy atom. The summed E-state index contributed by atoms with van der Waals surface area (Å²) in [5.41, 5.74) is 1.52. The molecule has 2 N–H and O–H groups in total. The standard InChI is InChI=1S/C12H12BNO4S/c1-19(17,18)12-4-2-3-9(6-12)10-5-11(13(15)16)8-14-7-10/h2-8,15-16H,1H3. The van der Waals surface area contributed by atoms with Crippen molar-refractivity contribution in [3.8, 4) is 11.1 Å². The molecule has 0 bridgehead atoms. The molecule has 0 fully saturated rings. The van der Waals surface area contributed by atoms with Crippen LogP contribution in [0.1, 0.15) is 0 Å². The van der Waals surface area contributed by atoms with Gasteiger partial charge in [0.1, 0.15) is 0 Å². The van der Waals surface area contributed by atoms with Crippen molar-refractivity contribution in [2.75, 3.05) is 6.26 Å². The van der Waals surface area contributed by atoms with Gasteiger partial charge in [-0.3, -0.25) is 4.98 Å². The molecule has 1 aromatic carbocycles. The van der Waals surface area contributed by atoms with Crippen molar-refractivity contribution in [2.45, 2.75) is 4.90 Å². The third-order valence-corrected chi connectivity index (χ3v) is 3.76. The van der Waals surface area contributed by atoms with E-state index >= 15 is 0 Å². The molecule has 0 saturated heterocycles. The highest BCUT2D eigenvalue weighted by molar-refractivity contribution is 7.90. The fraction of sp³-hybridized carbons (Fsp3) is 0.0833. The first-order valence-electron chi connectivity index (χ1n) is 5.49. The normalized spacial score (nSPS) is 11.3. The Hall–Kier alpha value is -1.70. The number of hydrogen-bond acceptors (Lipinski definition) is 5. The van der Waals surface area contributed by atoms with Gasteiger partial charge in [-0.05, 0) is 23.3 Å². The molecule has 98 valence electrons. The van der Waals surface area contributed by atoms with Crippen LogP contribution in [0.25, 0.3) is 11.1 Å². The molecule has 0 aliphatic carbocycles. The van der Waals surface area contributed by atoms with Crippen LogP contribution in [0.2, 0.25) is 0 Å². The lowest BCUT2D eigenvalue weighted by Crippen LogP contribution is -2.30. The molecular weight excluding hydrogens is 265 g/mol. The van der Waals surface area contributed by atoms with Gasteiger partial charge in [0.05, 0.1) is 4.90 Å². The summed E-state index contributed by atoms with van der Waals surface area (Å²) in [5.74, 6) is 0. The van der Waals surface area contributed by atoms with E-state index in [4.69, 9.17) is 10.0 Å². The molecule has 1 aromatic heterocycles. The van der Waals surface area contributed by atoms with Gasteiger partial charge in [-0.2, -0.15) is 0 Å². The van der Waals surface area contributed by atoms with Crippen LogP contribution in [-0.4, -0.2) is 36.8 Å². The summed E-state index contributed by atoms with van der Waals surface area (Å²) in [5, 5.41) is 18.2. The second-order valence-corrected chi connectivity index (χ2v) is 6.20. The topological polar surface area (TPSA) is 87.5 Å². The highest BCUT2D eigenvalue weighted by Crippen LogP contribution is 2.21. The number of sulfone groups is 1. The third-order valence-electron chi connectivity index (χ3n) is 2.65. The Kier molecular flexibility index (Phi) is 3.70. The highest BCUT2D eigenvalue weighted by atomic mass is 32.2. The lowest BCUT2D eigenvalue weighted by Gasteiger charge is -2.06. The summed E-state index contributed by atoms with van der Waals surface area (Å²) >= 11 is 0. The Balaban J connectivity index is 2.51. The van der Waals surface area contributed by atoms with Crippen LogP contribution >= 0.6 is 0 Å². The van der Waals surface area contributed by atoms with Crippen LogP contribution < -0.4 is 5.46 Å². The Bertz CT molecular complexity index is 700. The SMILES string of the molecule is CS(=O)(=O)c1cccc(-c2cncc(B(O)O)c2)c1. The average molecular weight is 277 g/mol. The maximum atomic E-state index is 11.5. The van der Waals surface area contributed by atoms with Crippen LogP contribution in [0, 0.1) is 0 Å². The van der Waals surface area contributed by atoms with Crippen molar-refractivity contribution in [2.24, 2.45) is 0 Å². The fourth-order valence-corrected chi connectivity index (χ4v) is 2.33. The summed E-state index contributed by atoms with van der Waals surface area (Å²) in [4.78, 5) is 4.11. The minimum Gasteiger partial charge on any atom is -0.423 e. The summed E-state index contributed by atoms with van der Waals surface area (Å²) in [6.45, 7) is 0. The van der Waals surface area contributed by atoms with Crippen molar-refractivity contribution < 1.29 is 18.5 Å². The predicted molar refractivity (Wildman–Crippen MR) is 72.6 cm³/mol. The van der Waals surface area contributed by atoms with Crippen molar-refractivity contribution >= 4 is 22.4 Å². The molecular formula is C12H12BNO4S. The van der Waals surface area contributed by atoms with E-state index < -0.39 is 17.0 Å². The average Bonchev–Trinajstić information content (AvgIpc) is 2.38. The summed E-state index contributed by atoms with van der Waals surface area (Å²) in [7, 11) is -4.88. The molecule has 1 heterocycles. The second kappa shape index (κ2) is 5.12. The van der Waals surface area contributed by atoms with E-state index in [1.807, 2.05) is 0 Å². The minimum absolute atomic E-state index is 0.208. The Morgan fingerprint density at radius 1 is 1.11 bits per heavy atom. The van der Waals surface area contributed by atoms with Crippen molar-refractivity contribution in [1.82, 2.24) is 4.98 Å². The van der Waals surface area contributed by atoms with Gasteiger partial charge in [0.2, 0.25) is 0 Å². The third kappa shape index (κ3) is 3.20.